The van der Waals surface area contributed by atoms with Gasteiger partial charge in [-0.1, -0.05) is 12.1 Å². The quantitative estimate of drug-likeness (QED) is 0.839. The Balaban J connectivity index is 1.96. The summed E-state index contributed by atoms with van der Waals surface area (Å²) in [6.07, 6.45) is 2.37. The van der Waals surface area contributed by atoms with Crippen molar-refractivity contribution in [1.82, 2.24) is 10.2 Å². The van der Waals surface area contributed by atoms with Gasteiger partial charge in [0.15, 0.2) is 0 Å². The molecule has 1 N–H and O–H groups in total. The molecule has 1 atom stereocenters. The third-order valence-electron chi connectivity index (χ3n) is 4.53. The highest BCUT2D eigenvalue weighted by Gasteiger charge is 2.27. The Morgan fingerprint density at radius 3 is 2.79 bits per heavy atom. The monoisotopic (exact) mass is 260 g/mol. The third kappa shape index (κ3) is 2.49. The zero-order valence-corrected chi connectivity index (χ0v) is 12.0. The third-order valence-corrected chi connectivity index (χ3v) is 4.53. The number of fused-ring (bicyclic) bond motifs is 1. The molecule has 2 aliphatic rings. The van der Waals surface area contributed by atoms with Gasteiger partial charge >= 0.3 is 0 Å². The van der Waals surface area contributed by atoms with E-state index in [1.54, 1.807) is 0 Å². The summed E-state index contributed by atoms with van der Waals surface area (Å²) in [6, 6.07) is 5.08. The first-order chi connectivity index (χ1) is 9.27. The van der Waals surface area contributed by atoms with Gasteiger partial charge in [-0.25, -0.2) is 0 Å². The minimum atomic E-state index is 0.541. The molecule has 1 aromatic rings. The van der Waals surface area contributed by atoms with E-state index in [0.29, 0.717) is 6.04 Å². The Kier molecular flexibility index (Phi) is 3.76. The van der Waals surface area contributed by atoms with E-state index in [0.717, 1.165) is 45.0 Å². The van der Waals surface area contributed by atoms with Crippen molar-refractivity contribution in [3.63, 3.8) is 0 Å². The molecule has 1 aromatic carbocycles. The SMILES string of the molecule is Cc1ccc2c(c1C)OCCCC2N1CCNCC1. The van der Waals surface area contributed by atoms with E-state index in [1.807, 2.05) is 0 Å². The first kappa shape index (κ1) is 12.9. The minimum Gasteiger partial charge on any atom is -0.493 e. The van der Waals surface area contributed by atoms with E-state index < -0.39 is 0 Å². The van der Waals surface area contributed by atoms with Gasteiger partial charge in [-0.2, -0.15) is 0 Å². The molecule has 0 bridgehead atoms. The maximum absolute atomic E-state index is 6.04. The van der Waals surface area contributed by atoms with Crippen LogP contribution in [0.5, 0.6) is 5.75 Å². The fourth-order valence-corrected chi connectivity index (χ4v) is 3.24. The zero-order chi connectivity index (χ0) is 13.2. The first-order valence-corrected chi connectivity index (χ1v) is 7.45. The topological polar surface area (TPSA) is 24.5 Å². The van der Waals surface area contributed by atoms with Crippen LogP contribution in [0.3, 0.4) is 0 Å². The van der Waals surface area contributed by atoms with Gasteiger partial charge in [0.1, 0.15) is 5.75 Å². The summed E-state index contributed by atoms with van der Waals surface area (Å²) in [6.45, 7) is 9.74. The number of hydrogen-bond acceptors (Lipinski definition) is 3. The highest BCUT2D eigenvalue weighted by molar-refractivity contribution is 5.47. The molecule has 0 aliphatic carbocycles. The Hall–Kier alpha value is -1.06. The molecule has 0 saturated carbocycles. The van der Waals surface area contributed by atoms with Crippen molar-refractivity contribution in [2.24, 2.45) is 0 Å². The Bertz CT molecular complexity index is 452. The largest absolute Gasteiger partial charge is 0.493 e. The summed E-state index contributed by atoms with van der Waals surface area (Å²) < 4.78 is 6.04. The highest BCUT2D eigenvalue weighted by Crippen LogP contribution is 2.38. The normalized spacial score (nSPS) is 24.4. The summed E-state index contributed by atoms with van der Waals surface area (Å²) in [7, 11) is 0. The van der Waals surface area contributed by atoms with E-state index in [1.165, 1.54) is 23.1 Å². The molecule has 1 fully saturated rings. The Labute approximate surface area is 115 Å². The molecule has 0 amide bonds. The second-order valence-electron chi connectivity index (χ2n) is 5.72. The van der Waals surface area contributed by atoms with Crippen molar-refractivity contribution in [3.05, 3.63) is 28.8 Å². The lowest BCUT2D eigenvalue weighted by Gasteiger charge is -2.35. The van der Waals surface area contributed by atoms with E-state index in [9.17, 15) is 0 Å². The van der Waals surface area contributed by atoms with Gasteiger partial charge in [0.25, 0.3) is 0 Å². The molecule has 0 radical (unpaired) electrons. The zero-order valence-electron chi connectivity index (χ0n) is 12.0. The number of benzene rings is 1. The second-order valence-corrected chi connectivity index (χ2v) is 5.72. The lowest BCUT2D eigenvalue weighted by molar-refractivity contribution is 0.165. The molecule has 1 saturated heterocycles. The summed E-state index contributed by atoms with van der Waals surface area (Å²) in [5.41, 5.74) is 4.06. The van der Waals surface area contributed by atoms with Crippen LogP contribution in [-0.4, -0.2) is 37.7 Å². The van der Waals surface area contributed by atoms with Crippen LogP contribution in [0.25, 0.3) is 0 Å². The van der Waals surface area contributed by atoms with Crippen LogP contribution < -0.4 is 10.1 Å². The maximum atomic E-state index is 6.04. The Morgan fingerprint density at radius 1 is 1.21 bits per heavy atom. The molecule has 104 valence electrons. The van der Waals surface area contributed by atoms with Gasteiger partial charge in [-0.05, 0) is 37.8 Å². The number of hydrogen-bond donors (Lipinski definition) is 1. The molecule has 0 aromatic heterocycles. The predicted molar refractivity (Wildman–Crippen MR) is 77.8 cm³/mol. The van der Waals surface area contributed by atoms with Crippen LogP contribution in [0, 0.1) is 13.8 Å². The van der Waals surface area contributed by atoms with E-state index in [2.05, 4.69) is 36.2 Å². The molecular weight excluding hydrogens is 236 g/mol. The van der Waals surface area contributed by atoms with Crippen LogP contribution in [0.15, 0.2) is 12.1 Å². The molecule has 2 heterocycles. The molecule has 3 rings (SSSR count). The summed E-state index contributed by atoms with van der Waals surface area (Å²) in [5, 5.41) is 3.44. The molecule has 2 aliphatic heterocycles. The van der Waals surface area contributed by atoms with Crippen LogP contribution >= 0.6 is 0 Å². The number of aryl methyl sites for hydroxylation is 1. The number of nitrogens with zero attached hydrogens (tertiary/aromatic N) is 1. The highest BCUT2D eigenvalue weighted by atomic mass is 16.5. The average Bonchev–Trinajstić information content (AvgIpc) is 2.67. The van der Waals surface area contributed by atoms with Gasteiger partial charge in [-0.3, -0.25) is 4.90 Å². The lowest BCUT2D eigenvalue weighted by Crippen LogP contribution is -2.45. The molecule has 3 heteroatoms. The number of piperazine rings is 1. The average molecular weight is 260 g/mol. The van der Waals surface area contributed by atoms with Crippen LogP contribution in [0.4, 0.5) is 0 Å². The molecule has 0 spiro atoms. The van der Waals surface area contributed by atoms with Crippen molar-refractivity contribution in [3.8, 4) is 5.75 Å². The summed E-state index contributed by atoms with van der Waals surface area (Å²) in [4.78, 5) is 2.62. The van der Waals surface area contributed by atoms with Crippen LogP contribution in [0.2, 0.25) is 0 Å². The van der Waals surface area contributed by atoms with Crippen molar-refractivity contribution in [2.75, 3.05) is 32.8 Å². The van der Waals surface area contributed by atoms with Crippen molar-refractivity contribution >= 4 is 0 Å². The predicted octanol–water partition coefficient (Wildman–Crippen LogP) is 2.42. The fraction of sp³-hybridized carbons (Fsp3) is 0.625. The fourth-order valence-electron chi connectivity index (χ4n) is 3.24. The van der Waals surface area contributed by atoms with E-state index >= 15 is 0 Å². The summed E-state index contributed by atoms with van der Waals surface area (Å²) >= 11 is 0. The summed E-state index contributed by atoms with van der Waals surface area (Å²) in [5.74, 6) is 1.15. The second kappa shape index (κ2) is 5.51. The van der Waals surface area contributed by atoms with Crippen molar-refractivity contribution < 1.29 is 4.74 Å². The molecule has 3 nitrogen and oxygen atoms in total. The number of rotatable bonds is 1. The standard InChI is InChI=1S/C16H24N2O/c1-12-5-6-14-15(18-9-7-17-8-10-18)4-3-11-19-16(14)13(12)2/h5-6,15,17H,3-4,7-11H2,1-2H3. The molecular formula is C16H24N2O. The van der Waals surface area contributed by atoms with Gasteiger partial charge in [0.2, 0.25) is 0 Å². The van der Waals surface area contributed by atoms with Crippen molar-refractivity contribution in [1.29, 1.82) is 0 Å². The maximum Gasteiger partial charge on any atom is 0.127 e. The lowest BCUT2D eigenvalue weighted by atomic mass is 9.95. The van der Waals surface area contributed by atoms with Gasteiger partial charge in [-0.15, -0.1) is 0 Å². The van der Waals surface area contributed by atoms with Crippen LogP contribution in [0.1, 0.15) is 35.6 Å². The molecule has 1 unspecified atom stereocenters. The minimum absolute atomic E-state index is 0.541. The van der Waals surface area contributed by atoms with Gasteiger partial charge in [0.05, 0.1) is 6.61 Å². The molecule has 19 heavy (non-hydrogen) atoms. The van der Waals surface area contributed by atoms with Gasteiger partial charge in [0, 0.05) is 37.8 Å². The number of nitrogens with one attached hydrogen (secondary N) is 1. The smallest absolute Gasteiger partial charge is 0.127 e. The number of ether oxygens (including phenoxy) is 1. The Morgan fingerprint density at radius 2 is 2.00 bits per heavy atom. The van der Waals surface area contributed by atoms with Gasteiger partial charge < -0.3 is 10.1 Å². The van der Waals surface area contributed by atoms with E-state index in [-0.39, 0.29) is 0 Å². The van der Waals surface area contributed by atoms with E-state index in [4.69, 9.17) is 4.74 Å². The first-order valence-electron chi connectivity index (χ1n) is 7.45. The van der Waals surface area contributed by atoms with Crippen molar-refractivity contribution in [2.45, 2.75) is 32.7 Å². The van der Waals surface area contributed by atoms with Crippen LogP contribution in [-0.2, 0) is 0 Å².